The molecule has 136 valence electrons. The molecule has 1 atom stereocenters. The van der Waals surface area contributed by atoms with Gasteiger partial charge in [0.05, 0.1) is 14.2 Å². The zero-order chi connectivity index (χ0) is 17.3. The van der Waals surface area contributed by atoms with Crippen LogP contribution in [0.25, 0.3) is 0 Å². The number of alkyl halides is 3. The van der Waals surface area contributed by atoms with Crippen LogP contribution in [0, 0.1) is 0 Å². The smallest absolute Gasteiger partial charge is 0.468 e. The van der Waals surface area contributed by atoms with Crippen LogP contribution in [0.4, 0.5) is 13.2 Å². The second-order valence-corrected chi connectivity index (χ2v) is 4.43. The maximum Gasteiger partial charge on any atom is 0.471 e. The minimum absolute atomic E-state index is 0. The maximum absolute atomic E-state index is 12.4. The Bertz CT molecular complexity index is 407. The molecule has 11 heteroatoms. The fourth-order valence-electron chi connectivity index (χ4n) is 1.59. The molecule has 0 aromatic carbocycles. The first-order valence-corrected chi connectivity index (χ1v) is 6.39. The second kappa shape index (κ2) is 11.1. The van der Waals surface area contributed by atoms with Crippen molar-refractivity contribution in [3.63, 3.8) is 0 Å². The van der Waals surface area contributed by atoms with Gasteiger partial charge in [-0.25, -0.2) is 0 Å². The number of rotatable bonds is 8. The Morgan fingerprint density at radius 2 is 1.70 bits per heavy atom. The van der Waals surface area contributed by atoms with Crippen molar-refractivity contribution in [1.82, 2.24) is 4.90 Å². The third-order valence-electron chi connectivity index (χ3n) is 2.77. The first-order chi connectivity index (χ1) is 10.1. The van der Waals surface area contributed by atoms with Crippen molar-refractivity contribution in [2.75, 3.05) is 27.3 Å². The molecule has 0 aliphatic carbocycles. The Morgan fingerprint density at radius 1 is 1.13 bits per heavy atom. The molecule has 0 aliphatic rings. The summed E-state index contributed by atoms with van der Waals surface area (Å²) < 4.78 is 45.9. The molecule has 0 saturated carbocycles. The molecule has 0 rings (SSSR count). The zero-order valence-electron chi connectivity index (χ0n) is 12.7. The number of amides is 1. The molecule has 7 nitrogen and oxygen atoms in total. The van der Waals surface area contributed by atoms with Crippen molar-refractivity contribution in [2.24, 2.45) is 5.73 Å². The highest BCUT2D eigenvalue weighted by Gasteiger charge is 2.42. The fraction of sp³-hybridized carbons (Fsp3) is 0.750. The van der Waals surface area contributed by atoms with Gasteiger partial charge in [-0.2, -0.15) is 13.2 Å². The molecule has 0 aromatic rings. The zero-order valence-corrected chi connectivity index (χ0v) is 13.5. The minimum Gasteiger partial charge on any atom is -0.468 e. The number of carbonyl (C=O) groups excluding carboxylic acids is 3. The van der Waals surface area contributed by atoms with Gasteiger partial charge in [-0.1, -0.05) is 0 Å². The Balaban J connectivity index is 0. The lowest BCUT2D eigenvalue weighted by atomic mass is 10.1. The summed E-state index contributed by atoms with van der Waals surface area (Å²) in [5.41, 5.74) is 5.47. The van der Waals surface area contributed by atoms with Gasteiger partial charge in [0, 0.05) is 6.54 Å². The monoisotopic (exact) mass is 364 g/mol. The molecule has 1 amide bonds. The second-order valence-electron chi connectivity index (χ2n) is 4.43. The number of unbranched alkanes of at least 4 members (excludes halogenated alkanes) is 1. The van der Waals surface area contributed by atoms with Gasteiger partial charge < -0.3 is 20.1 Å². The molecule has 0 unspecified atom stereocenters. The van der Waals surface area contributed by atoms with Crippen LogP contribution < -0.4 is 5.73 Å². The van der Waals surface area contributed by atoms with E-state index in [0.29, 0.717) is 11.3 Å². The van der Waals surface area contributed by atoms with E-state index in [2.05, 4.69) is 9.47 Å². The third kappa shape index (κ3) is 9.24. The number of esters is 2. The third-order valence-corrected chi connectivity index (χ3v) is 2.77. The van der Waals surface area contributed by atoms with E-state index in [1.54, 1.807) is 0 Å². The summed E-state index contributed by atoms with van der Waals surface area (Å²) in [5.74, 6) is -3.70. The minimum atomic E-state index is -5.07. The summed E-state index contributed by atoms with van der Waals surface area (Å²) in [7, 11) is 2.18. The predicted octanol–water partition coefficient (Wildman–Crippen LogP) is 0.643. The van der Waals surface area contributed by atoms with Crippen molar-refractivity contribution in [3.8, 4) is 0 Å². The van der Waals surface area contributed by atoms with Gasteiger partial charge in [0.1, 0.15) is 12.6 Å². The van der Waals surface area contributed by atoms with Crippen LogP contribution in [-0.2, 0) is 23.9 Å². The molecule has 0 radical (unpaired) electrons. The highest BCUT2D eigenvalue weighted by atomic mass is 35.5. The quantitative estimate of drug-likeness (QED) is 0.501. The predicted molar refractivity (Wildman–Crippen MR) is 75.7 cm³/mol. The molecular formula is C12H20ClF3N2O5. The van der Waals surface area contributed by atoms with Crippen molar-refractivity contribution < 1.29 is 37.0 Å². The highest BCUT2D eigenvalue weighted by molar-refractivity contribution is 5.86. The highest BCUT2D eigenvalue weighted by Crippen LogP contribution is 2.19. The average molecular weight is 365 g/mol. The van der Waals surface area contributed by atoms with E-state index in [0.717, 1.165) is 7.11 Å². The molecule has 0 saturated heterocycles. The van der Waals surface area contributed by atoms with E-state index in [-0.39, 0.29) is 31.8 Å². The molecule has 23 heavy (non-hydrogen) atoms. The molecular weight excluding hydrogens is 345 g/mol. The van der Waals surface area contributed by atoms with Crippen LogP contribution in [0.1, 0.15) is 19.3 Å². The molecule has 0 aromatic heterocycles. The van der Waals surface area contributed by atoms with Crippen LogP contribution in [0.3, 0.4) is 0 Å². The Kier molecular flexibility index (Phi) is 11.4. The van der Waals surface area contributed by atoms with Gasteiger partial charge in [0.25, 0.3) is 0 Å². The van der Waals surface area contributed by atoms with Crippen LogP contribution in [0.2, 0.25) is 0 Å². The van der Waals surface area contributed by atoms with Gasteiger partial charge in [0.2, 0.25) is 0 Å². The summed E-state index contributed by atoms with van der Waals surface area (Å²) in [5, 5.41) is 0. The molecule has 0 bridgehead atoms. The van der Waals surface area contributed by atoms with Crippen LogP contribution >= 0.6 is 12.4 Å². The molecule has 0 aliphatic heterocycles. The largest absolute Gasteiger partial charge is 0.471 e. The maximum atomic E-state index is 12.4. The van der Waals surface area contributed by atoms with E-state index in [1.807, 2.05) is 0 Å². The first-order valence-electron chi connectivity index (χ1n) is 6.39. The molecule has 2 N–H and O–H groups in total. The van der Waals surface area contributed by atoms with Crippen molar-refractivity contribution in [3.05, 3.63) is 0 Å². The van der Waals surface area contributed by atoms with E-state index >= 15 is 0 Å². The fourth-order valence-corrected chi connectivity index (χ4v) is 1.59. The van der Waals surface area contributed by atoms with Gasteiger partial charge in [-0.15, -0.1) is 12.4 Å². The van der Waals surface area contributed by atoms with Crippen LogP contribution in [-0.4, -0.2) is 62.3 Å². The van der Waals surface area contributed by atoms with Gasteiger partial charge in [0.15, 0.2) is 0 Å². The number of hydrogen-bond acceptors (Lipinski definition) is 6. The number of halogens is 4. The number of carbonyl (C=O) groups is 3. The number of methoxy groups -OCH3 is 2. The van der Waals surface area contributed by atoms with Gasteiger partial charge in [-0.05, 0) is 19.3 Å². The van der Waals surface area contributed by atoms with E-state index in [9.17, 15) is 27.6 Å². The van der Waals surface area contributed by atoms with Crippen molar-refractivity contribution in [2.45, 2.75) is 31.5 Å². The Labute approximate surface area is 137 Å². The number of nitrogens with two attached hydrogens (primary N) is 1. The summed E-state index contributed by atoms with van der Waals surface area (Å²) in [4.78, 5) is 33.7. The Hall–Kier alpha value is -1.55. The van der Waals surface area contributed by atoms with E-state index in [4.69, 9.17) is 5.73 Å². The lowest BCUT2D eigenvalue weighted by Gasteiger charge is -2.22. The van der Waals surface area contributed by atoms with E-state index in [1.165, 1.54) is 7.11 Å². The number of ether oxygens (including phenoxy) is 2. The standard InChI is InChI=1S/C12H19F3N2O5.ClH/c1-21-9(18)7-17(11(20)12(13,14)15)6-4-3-5-8(16)10(19)22-2;/h8H,3-7,16H2,1-2H3;1H/t8-;/m0./s1. The first kappa shape index (κ1) is 23.7. The summed E-state index contributed by atoms with van der Waals surface area (Å²) in [6, 6.07) is -0.877. The van der Waals surface area contributed by atoms with Gasteiger partial charge >= 0.3 is 24.0 Å². The van der Waals surface area contributed by atoms with Crippen LogP contribution in [0.5, 0.6) is 0 Å². The molecule has 0 fully saturated rings. The number of hydrogen-bond donors (Lipinski definition) is 1. The molecule has 0 spiro atoms. The summed E-state index contributed by atoms with van der Waals surface area (Å²) >= 11 is 0. The topological polar surface area (TPSA) is 98.9 Å². The van der Waals surface area contributed by atoms with Gasteiger partial charge in [-0.3, -0.25) is 14.4 Å². The Morgan fingerprint density at radius 3 is 2.13 bits per heavy atom. The lowest BCUT2D eigenvalue weighted by Crippen LogP contribution is -2.44. The normalized spacial score (nSPS) is 11.9. The van der Waals surface area contributed by atoms with Crippen LogP contribution in [0.15, 0.2) is 0 Å². The average Bonchev–Trinajstić information content (AvgIpc) is 2.46. The van der Waals surface area contributed by atoms with Crippen molar-refractivity contribution >= 4 is 30.3 Å². The number of nitrogens with zero attached hydrogens (tertiary/aromatic N) is 1. The SMILES string of the molecule is COC(=O)CN(CCCC[C@H](N)C(=O)OC)C(=O)C(F)(F)F.Cl. The van der Waals surface area contributed by atoms with Crippen molar-refractivity contribution in [1.29, 1.82) is 0 Å². The summed E-state index contributed by atoms with van der Waals surface area (Å²) in [6.07, 6.45) is -4.45. The molecule has 0 heterocycles. The lowest BCUT2D eigenvalue weighted by molar-refractivity contribution is -0.187. The summed E-state index contributed by atoms with van der Waals surface area (Å²) in [6.45, 7) is -1.10. The van der Waals surface area contributed by atoms with E-state index < -0.39 is 36.6 Å².